The summed E-state index contributed by atoms with van der Waals surface area (Å²) in [6.45, 7) is 19.8. The number of esters is 1. The van der Waals surface area contributed by atoms with Crippen molar-refractivity contribution in [3.8, 4) is 0 Å². The number of aliphatic hydroxyl groups is 4. The van der Waals surface area contributed by atoms with E-state index in [9.17, 15) is 25.2 Å². The molecule has 0 aromatic heterocycles. The number of para-hydroxylation sites is 1. The number of ether oxygens (including phenoxy) is 7. The third-order valence-corrected chi connectivity index (χ3v) is 14.7. The highest BCUT2D eigenvalue weighted by atomic mass is 16.7. The minimum absolute atomic E-state index is 0.0857. The molecule has 4 heterocycles. The first kappa shape index (κ1) is 53.4. The number of benzene rings is 1. The van der Waals surface area contributed by atoms with Crippen molar-refractivity contribution in [2.24, 2.45) is 22.7 Å². The van der Waals surface area contributed by atoms with Gasteiger partial charge in [0.2, 0.25) is 0 Å². The number of carbonyl (C=O) groups excluding carboxylic acids is 1. The lowest BCUT2D eigenvalue weighted by atomic mass is 9.75. The summed E-state index contributed by atoms with van der Waals surface area (Å²) < 4.78 is 46.0. The first-order chi connectivity index (χ1) is 30.4. The van der Waals surface area contributed by atoms with E-state index in [1.807, 2.05) is 89.0 Å². The molecule has 17 nitrogen and oxygen atoms in total. The number of aliphatic imine (C=N–C) groups is 1. The molecule has 0 spiro atoms. The summed E-state index contributed by atoms with van der Waals surface area (Å²) >= 11 is 0. The molecule has 0 unspecified atom stereocenters. The zero-order valence-corrected chi connectivity index (χ0v) is 41.5. The number of hydrogen-bond acceptors (Lipinski definition) is 16. The first-order valence-corrected chi connectivity index (χ1v) is 23.7. The summed E-state index contributed by atoms with van der Waals surface area (Å²) in [7, 11) is 7.45. The second-order valence-corrected chi connectivity index (χ2v) is 20.5. The molecule has 1 aromatic carbocycles. The number of nitrogens with one attached hydrogen (secondary N) is 2. The Morgan fingerprint density at radius 3 is 2.29 bits per heavy atom. The normalized spacial score (nSPS) is 44.3. The van der Waals surface area contributed by atoms with Gasteiger partial charge in [-0.15, -0.1) is 0 Å². The molecule has 0 bridgehead atoms. The summed E-state index contributed by atoms with van der Waals surface area (Å²) in [5, 5.41) is 55.1. The third-order valence-electron chi connectivity index (χ3n) is 14.7. The van der Waals surface area contributed by atoms with E-state index in [4.69, 9.17) is 38.2 Å². The summed E-state index contributed by atoms with van der Waals surface area (Å²) in [6.07, 6.45) is -6.95. The molecule has 0 amide bonds. The van der Waals surface area contributed by atoms with Crippen molar-refractivity contribution in [2.75, 3.05) is 54.4 Å². The molecule has 0 aliphatic carbocycles. The number of likely N-dealkylation sites (N-methyl/N-ethyl adjacent to an activating group) is 2. The molecular formula is C48H83N5O12. The van der Waals surface area contributed by atoms with Gasteiger partial charge in [0.15, 0.2) is 18.7 Å². The lowest BCUT2D eigenvalue weighted by Gasteiger charge is -2.53. The zero-order chi connectivity index (χ0) is 48.2. The van der Waals surface area contributed by atoms with Gasteiger partial charge in [0.1, 0.15) is 29.0 Å². The average molecular weight is 922 g/mol. The number of nitrogens with zero attached hydrogens (tertiary/aromatic N) is 3. The van der Waals surface area contributed by atoms with E-state index in [-0.39, 0.29) is 43.9 Å². The van der Waals surface area contributed by atoms with E-state index >= 15 is 0 Å². The van der Waals surface area contributed by atoms with Crippen molar-refractivity contribution in [1.29, 1.82) is 0 Å². The Hall–Kier alpha value is -2.52. The van der Waals surface area contributed by atoms with E-state index in [0.29, 0.717) is 25.5 Å². The van der Waals surface area contributed by atoms with Gasteiger partial charge in [0.05, 0.1) is 47.7 Å². The smallest absolute Gasteiger partial charge is 0.311 e. The van der Waals surface area contributed by atoms with E-state index in [2.05, 4.69) is 10.6 Å². The number of rotatable bonds is 12. The molecule has 4 fully saturated rings. The van der Waals surface area contributed by atoms with Crippen molar-refractivity contribution < 1.29 is 58.4 Å². The summed E-state index contributed by atoms with van der Waals surface area (Å²) in [5.74, 6) is -2.66. The molecule has 65 heavy (non-hydrogen) atoms. The minimum atomic E-state index is -1.82. The number of hydrogen-bond donors (Lipinski definition) is 6. The van der Waals surface area contributed by atoms with E-state index in [1.54, 1.807) is 41.7 Å². The van der Waals surface area contributed by atoms with Crippen molar-refractivity contribution >= 4 is 17.7 Å². The fraction of sp³-hybridized carbons (Fsp3) is 0.833. The maximum absolute atomic E-state index is 14.6. The predicted octanol–water partition coefficient (Wildman–Crippen LogP) is 3.18. The molecule has 4 saturated heterocycles. The Labute approximate surface area is 387 Å². The third kappa shape index (κ3) is 12.0. The Balaban J connectivity index is 1.56. The number of aliphatic hydroxyl groups excluding tert-OH is 1. The number of methoxy groups -OCH3 is 1. The summed E-state index contributed by atoms with van der Waals surface area (Å²) in [4.78, 5) is 23.4. The van der Waals surface area contributed by atoms with E-state index in [0.717, 1.165) is 12.2 Å². The van der Waals surface area contributed by atoms with Crippen LogP contribution >= 0.6 is 0 Å². The van der Waals surface area contributed by atoms with Crippen molar-refractivity contribution in [3.05, 3.63) is 30.3 Å². The molecule has 1 aromatic rings. The number of carbonyl (C=O) groups is 1. The largest absolute Gasteiger partial charge is 0.459 e. The van der Waals surface area contributed by atoms with Gasteiger partial charge in [-0.05, 0) is 106 Å². The van der Waals surface area contributed by atoms with Crippen molar-refractivity contribution in [1.82, 2.24) is 20.4 Å². The van der Waals surface area contributed by atoms with Gasteiger partial charge < -0.3 is 74.0 Å². The number of fused-ring (bicyclic) bond motifs is 1. The molecule has 4 aliphatic heterocycles. The second kappa shape index (κ2) is 21.8. The molecular weight excluding hydrogens is 839 g/mol. The summed E-state index contributed by atoms with van der Waals surface area (Å²) in [6, 6.07) is 9.21. The monoisotopic (exact) mass is 922 g/mol. The maximum Gasteiger partial charge on any atom is 0.311 e. The van der Waals surface area contributed by atoms with Crippen molar-refractivity contribution in [3.63, 3.8) is 0 Å². The zero-order valence-electron chi connectivity index (χ0n) is 41.5. The fourth-order valence-electron chi connectivity index (χ4n) is 10.4. The maximum atomic E-state index is 14.6. The highest BCUT2D eigenvalue weighted by molar-refractivity contribution is 5.79. The van der Waals surface area contributed by atoms with Gasteiger partial charge in [-0.1, -0.05) is 39.0 Å². The summed E-state index contributed by atoms with van der Waals surface area (Å²) in [5.41, 5.74) is -5.29. The lowest BCUT2D eigenvalue weighted by molar-refractivity contribution is -0.335. The van der Waals surface area contributed by atoms with Crippen LogP contribution in [0.25, 0.3) is 0 Å². The number of cyclic esters (lactones) is 1. The Morgan fingerprint density at radius 1 is 0.985 bits per heavy atom. The van der Waals surface area contributed by atoms with Crippen molar-refractivity contribution in [2.45, 2.75) is 185 Å². The Kier molecular flexibility index (Phi) is 18.0. The molecule has 18 atom stereocenters. The molecule has 372 valence electrons. The lowest BCUT2D eigenvalue weighted by Crippen LogP contribution is -2.70. The highest BCUT2D eigenvalue weighted by Gasteiger charge is 2.59. The fourth-order valence-corrected chi connectivity index (χ4v) is 10.4. The van der Waals surface area contributed by atoms with Crippen LogP contribution in [0.3, 0.4) is 0 Å². The molecule has 4 aliphatic rings. The molecule has 17 heteroatoms. The SMILES string of the molecule is CC[C@H]1OC(=O)[C@H](C)[C@@H](O[C@H]2C[C@@](C)(OC)[C@](O)(CNCCN(C)C)[C@H](C)O2)[C@H](C)[C@@H](O[C@@H]2O[C@H](C)C[C@H]3[C@H]2OC(=Nc2ccccc2)N3C)[C@](C)(O)C[C@@H](C)CN[C@H](C)[C@@H](O)[C@]1(C)O. The standard InChI is InChI=1S/C48H83N5O12/c1-15-36-47(10,57)40(54)32(6)50-26-28(2)24-45(8,56)41(65-43-39-35(23-29(3)60-43)53(13)44(64-39)51-34-19-17-16-18-20-34)30(4)38(31(5)42(55)62-36)63-37-25-46(9,59-14)48(58,33(7)61-37)27-49-21-22-52(11)12/h16-20,28-33,35-41,43,49-50,54,56-58H,15,21-27H2,1-14H3/t28-,29-,30+,31-,32-,33+,35+,36-,37+,38+,39-,40-,41-,43+,45-,46-,47-,48+/m1/s1. The predicted molar refractivity (Wildman–Crippen MR) is 246 cm³/mol. The average Bonchev–Trinajstić information content (AvgIpc) is 3.55. The number of amidine groups is 1. The van der Waals surface area contributed by atoms with Crippen LogP contribution < -0.4 is 10.6 Å². The van der Waals surface area contributed by atoms with Crippen LogP contribution in [0.4, 0.5) is 5.69 Å². The molecule has 5 rings (SSSR count). The molecule has 0 radical (unpaired) electrons. The van der Waals surface area contributed by atoms with E-state index < -0.39 is 95.5 Å². The van der Waals surface area contributed by atoms with E-state index in [1.165, 1.54) is 6.92 Å². The minimum Gasteiger partial charge on any atom is -0.459 e. The Bertz CT molecular complexity index is 1710. The first-order valence-electron chi connectivity index (χ1n) is 23.7. The van der Waals surface area contributed by atoms with Crippen LogP contribution in [0.5, 0.6) is 0 Å². The van der Waals surface area contributed by atoms with Crippen LogP contribution in [0.2, 0.25) is 0 Å². The van der Waals surface area contributed by atoms with Gasteiger partial charge in [-0.2, -0.15) is 4.99 Å². The van der Waals surface area contributed by atoms with Gasteiger partial charge in [0.25, 0.3) is 6.02 Å². The van der Waals surface area contributed by atoms with Gasteiger partial charge in [-0.25, -0.2) is 0 Å². The van der Waals surface area contributed by atoms with Crippen LogP contribution in [-0.2, 0) is 38.0 Å². The Morgan fingerprint density at radius 2 is 1.66 bits per heavy atom. The quantitative estimate of drug-likeness (QED) is 0.132. The second-order valence-electron chi connectivity index (χ2n) is 20.5. The molecule has 6 N–H and O–H groups in total. The van der Waals surface area contributed by atoms with Crippen LogP contribution in [-0.4, -0.2) is 186 Å². The van der Waals surface area contributed by atoms with Crippen LogP contribution in [0.15, 0.2) is 35.3 Å². The van der Waals surface area contributed by atoms with Crippen LogP contribution in [0.1, 0.15) is 94.9 Å². The topological polar surface area (TPSA) is 206 Å². The van der Waals surface area contributed by atoms with Gasteiger partial charge in [-0.3, -0.25) is 4.79 Å². The molecule has 0 saturated carbocycles. The van der Waals surface area contributed by atoms with Gasteiger partial charge >= 0.3 is 5.97 Å². The van der Waals surface area contributed by atoms with Crippen LogP contribution in [0, 0.1) is 17.8 Å². The van der Waals surface area contributed by atoms with Gasteiger partial charge in [0, 0.05) is 52.2 Å². The highest BCUT2D eigenvalue weighted by Crippen LogP contribution is 2.44.